The second-order valence-electron chi connectivity index (χ2n) is 7.22. The van der Waals surface area contributed by atoms with Gasteiger partial charge in [-0.05, 0) is 40.7 Å². The SMILES string of the molecule is CN1CCC(C#N)(NC2CN(C(=O)OC(C)(C)C)C2)CC1. The largest absolute Gasteiger partial charge is 0.444 e. The van der Waals surface area contributed by atoms with Gasteiger partial charge in [0.2, 0.25) is 0 Å². The van der Waals surface area contributed by atoms with Crippen molar-refractivity contribution in [1.82, 2.24) is 15.1 Å². The number of carbonyl (C=O) groups is 1. The molecule has 0 spiro atoms. The molecule has 0 bridgehead atoms. The van der Waals surface area contributed by atoms with Crippen LogP contribution < -0.4 is 5.32 Å². The quantitative estimate of drug-likeness (QED) is 0.828. The van der Waals surface area contributed by atoms with Crippen LogP contribution in [-0.4, -0.2) is 66.3 Å². The maximum Gasteiger partial charge on any atom is 0.410 e. The molecule has 0 aromatic heterocycles. The van der Waals surface area contributed by atoms with Gasteiger partial charge < -0.3 is 14.5 Å². The number of nitriles is 1. The summed E-state index contributed by atoms with van der Waals surface area (Å²) in [6.07, 6.45) is 1.40. The van der Waals surface area contributed by atoms with E-state index in [1.807, 2.05) is 20.8 Å². The van der Waals surface area contributed by atoms with E-state index in [1.54, 1.807) is 4.90 Å². The Bertz CT molecular complexity index is 424. The molecular formula is C15H26N4O2. The predicted octanol–water partition coefficient (Wildman–Crippen LogP) is 1.18. The highest BCUT2D eigenvalue weighted by Crippen LogP contribution is 2.24. The monoisotopic (exact) mass is 294 g/mol. The van der Waals surface area contributed by atoms with Crippen molar-refractivity contribution >= 4 is 6.09 Å². The summed E-state index contributed by atoms with van der Waals surface area (Å²) in [6.45, 7) is 8.70. The summed E-state index contributed by atoms with van der Waals surface area (Å²) in [5.41, 5.74) is -0.894. The van der Waals surface area contributed by atoms with Gasteiger partial charge in [0.05, 0.1) is 6.07 Å². The maximum atomic E-state index is 11.9. The number of hydrogen-bond donors (Lipinski definition) is 1. The minimum absolute atomic E-state index is 0.195. The molecule has 118 valence electrons. The van der Waals surface area contributed by atoms with Gasteiger partial charge in [0.25, 0.3) is 0 Å². The lowest BCUT2D eigenvalue weighted by Crippen LogP contribution is -2.66. The first-order valence-corrected chi connectivity index (χ1v) is 7.58. The minimum atomic E-state index is -0.461. The van der Waals surface area contributed by atoms with E-state index >= 15 is 0 Å². The van der Waals surface area contributed by atoms with E-state index in [2.05, 4.69) is 23.3 Å². The number of rotatable bonds is 2. The molecule has 0 unspecified atom stereocenters. The van der Waals surface area contributed by atoms with Crippen LogP contribution in [-0.2, 0) is 4.74 Å². The molecule has 2 fully saturated rings. The van der Waals surface area contributed by atoms with Crippen LogP contribution in [0.15, 0.2) is 0 Å². The standard InChI is InChI=1S/C15H26N4O2/c1-14(2,3)21-13(20)19-9-12(10-19)17-15(11-16)5-7-18(4)8-6-15/h12,17H,5-10H2,1-4H3. The van der Waals surface area contributed by atoms with Crippen LogP contribution >= 0.6 is 0 Å². The zero-order chi connectivity index (χ0) is 15.7. The molecule has 1 amide bonds. The van der Waals surface area contributed by atoms with Gasteiger partial charge >= 0.3 is 6.09 Å². The van der Waals surface area contributed by atoms with Crippen LogP contribution in [0.2, 0.25) is 0 Å². The third kappa shape index (κ3) is 4.08. The fraction of sp³-hybridized carbons (Fsp3) is 0.867. The van der Waals surface area contributed by atoms with Crippen molar-refractivity contribution < 1.29 is 9.53 Å². The first-order chi connectivity index (χ1) is 9.73. The molecule has 21 heavy (non-hydrogen) atoms. The summed E-state index contributed by atoms with van der Waals surface area (Å²) >= 11 is 0. The number of nitrogens with zero attached hydrogens (tertiary/aromatic N) is 3. The van der Waals surface area contributed by atoms with E-state index in [-0.39, 0.29) is 12.1 Å². The van der Waals surface area contributed by atoms with Gasteiger partial charge in [0, 0.05) is 32.2 Å². The molecule has 2 saturated heterocycles. The van der Waals surface area contributed by atoms with Gasteiger partial charge in [0.1, 0.15) is 11.1 Å². The number of likely N-dealkylation sites (tertiary alicyclic amines) is 2. The zero-order valence-corrected chi connectivity index (χ0v) is 13.5. The number of piperidine rings is 1. The summed E-state index contributed by atoms with van der Waals surface area (Å²) in [6, 6.07) is 2.64. The molecule has 0 saturated carbocycles. The van der Waals surface area contributed by atoms with Gasteiger partial charge in [-0.2, -0.15) is 5.26 Å². The van der Waals surface area contributed by atoms with Crippen LogP contribution in [0.4, 0.5) is 4.79 Å². The Morgan fingerprint density at radius 3 is 2.38 bits per heavy atom. The van der Waals surface area contributed by atoms with E-state index in [1.165, 1.54) is 0 Å². The lowest BCUT2D eigenvalue weighted by Gasteiger charge is -2.45. The molecule has 0 aromatic rings. The summed E-state index contributed by atoms with van der Waals surface area (Å²) < 4.78 is 5.33. The topological polar surface area (TPSA) is 68.6 Å². The van der Waals surface area contributed by atoms with Crippen molar-refractivity contribution in [2.24, 2.45) is 0 Å². The van der Waals surface area contributed by atoms with Crippen molar-refractivity contribution in [1.29, 1.82) is 5.26 Å². The summed E-state index contributed by atoms with van der Waals surface area (Å²) in [5, 5.41) is 12.9. The van der Waals surface area contributed by atoms with Crippen molar-refractivity contribution in [2.75, 3.05) is 33.2 Å². The second-order valence-corrected chi connectivity index (χ2v) is 7.22. The molecule has 0 aliphatic carbocycles. The van der Waals surface area contributed by atoms with Gasteiger partial charge in [-0.25, -0.2) is 4.79 Å². The lowest BCUT2D eigenvalue weighted by molar-refractivity contribution is 0.00136. The van der Waals surface area contributed by atoms with E-state index in [9.17, 15) is 10.1 Å². The smallest absolute Gasteiger partial charge is 0.410 e. The summed E-state index contributed by atoms with van der Waals surface area (Å²) in [7, 11) is 2.08. The number of amides is 1. The molecular weight excluding hydrogens is 268 g/mol. The van der Waals surface area contributed by atoms with Crippen LogP contribution in [0.5, 0.6) is 0 Å². The molecule has 2 heterocycles. The van der Waals surface area contributed by atoms with Crippen molar-refractivity contribution in [2.45, 2.75) is 50.8 Å². The Morgan fingerprint density at radius 1 is 1.33 bits per heavy atom. The fourth-order valence-corrected chi connectivity index (χ4v) is 2.72. The van der Waals surface area contributed by atoms with Crippen LogP contribution in [0.3, 0.4) is 0 Å². The van der Waals surface area contributed by atoms with E-state index in [0.717, 1.165) is 25.9 Å². The van der Waals surface area contributed by atoms with E-state index < -0.39 is 11.1 Å². The Balaban J connectivity index is 1.80. The summed E-state index contributed by atoms with van der Waals surface area (Å²) in [5.74, 6) is 0. The lowest BCUT2D eigenvalue weighted by atomic mass is 9.87. The molecule has 6 nitrogen and oxygen atoms in total. The number of hydrogen-bond acceptors (Lipinski definition) is 5. The second kappa shape index (κ2) is 5.82. The molecule has 2 aliphatic heterocycles. The third-order valence-corrected chi connectivity index (χ3v) is 4.07. The Kier molecular flexibility index (Phi) is 4.45. The highest BCUT2D eigenvalue weighted by Gasteiger charge is 2.41. The van der Waals surface area contributed by atoms with Crippen molar-refractivity contribution in [3.8, 4) is 6.07 Å². The molecule has 0 radical (unpaired) electrons. The minimum Gasteiger partial charge on any atom is -0.444 e. The average Bonchev–Trinajstić information content (AvgIpc) is 2.34. The molecule has 2 rings (SSSR count). The first-order valence-electron chi connectivity index (χ1n) is 7.58. The molecule has 2 aliphatic rings. The first kappa shape index (κ1) is 16.1. The van der Waals surface area contributed by atoms with E-state index in [4.69, 9.17) is 4.74 Å². The van der Waals surface area contributed by atoms with Gasteiger partial charge in [-0.3, -0.25) is 5.32 Å². The molecule has 1 N–H and O–H groups in total. The van der Waals surface area contributed by atoms with Crippen LogP contribution in [0, 0.1) is 11.3 Å². The third-order valence-electron chi connectivity index (χ3n) is 4.07. The fourth-order valence-electron chi connectivity index (χ4n) is 2.72. The van der Waals surface area contributed by atoms with Gasteiger partial charge in [-0.1, -0.05) is 0 Å². The Morgan fingerprint density at radius 2 is 1.90 bits per heavy atom. The Labute approximate surface area is 127 Å². The average molecular weight is 294 g/mol. The highest BCUT2D eigenvalue weighted by molar-refractivity contribution is 5.69. The zero-order valence-electron chi connectivity index (χ0n) is 13.5. The van der Waals surface area contributed by atoms with Gasteiger partial charge in [-0.15, -0.1) is 0 Å². The van der Waals surface area contributed by atoms with Crippen LogP contribution in [0.25, 0.3) is 0 Å². The maximum absolute atomic E-state index is 11.9. The summed E-state index contributed by atoms with van der Waals surface area (Å²) in [4.78, 5) is 15.8. The molecule has 0 aromatic carbocycles. The van der Waals surface area contributed by atoms with Crippen molar-refractivity contribution in [3.63, 3.8) is 0 Å². The highest BCUT2D eigenvalue weighted by atomic mass is 16.6. The molecule has 6 heteroatoms. The number of ether oxygens (including phenoxy) is 1. The normalized spacial score (nSPS) is 23.3. The number of nitrogens with one attached hydrogen (secondary N) is 1. The molecule has 0 atom stereocenters. The van der Waals surface area contributed by atoms with E-state index in [0.29, 0.717) is 13.1 Å². The Hall–Kier alpha value is -1.32. The van der Waals surface area contributed by atoms with Crippen molar-refractivity contribution in [3.05, 3.63) is 0 Å². The van der Waals surface area contributed by atoms with Gasteiger partial charge in [0.15, 0.2) is 0 Å². The predicted molar refractivity (Wildman–Crippen MR) is 79.8 cm³/mol. The number of carbonyl (C=O) groups excluding carboxylic acids is 1. The van der Waals surface area contributed by atoms with Crippen LogP contribution in [0.1, 0.15) is 33.6 Å².